The molecule has 2 N–H and O–H groups in total. The highest BCUT2D eigenvalue weighted by Crippen LogP contribution is 2.38. The zero-order valence-corrected chi connectivity index (χ0v) is 15.0. The van der Waals surface area contributed by atoms with Gasteiger partial charge in [0.1, 0.15) is 5.75 Å². The standard InChI is InChI=1S/C15H23N3O3.2ClH/c1-3-11(2)15(17-8-6-16-7-9-17)13-10-12(19)4-5-14(13)18(20)21;;/h4-5,10-11,15-16,19H,3,6-9H2,1-2H3;2*1H/t11?,15-;;/m0../s1. The van der Waals surface area contributed by atoms with E-state index in [2.05, 4.69) is 24.1 Å². The Morgan fingerprint density at radius 2 is 1.96 bits per heavy atom. The second kappa shape index (κ2) is 9.93. The first-order valence-electron chi connectivity index (χ1n) is 7.46. The summed E-state index contributed by atoms with van der Waals surface area (Å²) in [5.41, 5.74) is 0.716. The number of nitrogens with zero attached hydrogens (tertiary/aromatic N) is 2. The van der Waals surface area contributed by atoms with Crippen molar-refractivity contribution in [3.8, 4) is 5.75 Å². The summed E-state index contributed by atoms with van der Waals surface area (Å²) >= 11 is 0. The van der Waals surface area contributed by atoms with E-state index in [4.69, 9.17) is 0 Å². The maximum atomic E-state index is 11.3. The van der Waals surface area contributed by atoms with Crippen LogP contribution >= 0.6 is 24.8 Å². The summed E-state index contributed by atoms with van der Waals surface area (Å²) in [5.74, 6) is 0.364. The van der Waals surface area contributed by atoms with Gasteiger partial charge < -0.3 is 10.4 Å². The molecule has 0 saturated carbocycles. The molecule has 0 aromatic heterocycles. The maximum Gasteiger partial charge on any atom is 0.274 e. The lowest BCUT2D eigenvalue weighted by atomic mass is 9.89. The van der Waals surface area contributed by atoms with Crippen molar-refractivity contribution in [1.82, 2.24) is 10.2 Å². The fourth-order valence-corrected chi connectivity index (χ4v) is 2.99. The van der Waals surface area contributed by atoms with E-state index in [-0.39, 0.29) is 53.1 Å². The zero-order valence-electron chi connectivity index (χ0n) is 13.4. The Bertz CT molecular complexity index is 511. The van der Waals surface area contributed by atoms with Gasteiger partial charge >= 0.3 is 0 Å². The van der Waals surface area contributed by atoms with Gasteiger partial charge in [0.25, 0.3) is 5.69 Å². The molecule has 2 atom stereocenters. The monoisotopic (exact) mass is 365 g/mol. The summed E-state index contributed by atoms with van der Waals surface area (Å²) in [6, 6.07) is 4.30. The second-order valence-electron chi connectivity index (χ2n) is 5.62. The first-order valence-corrected chi connectivity index (χ1v) is 7.46. The van der Waals surface area contributed by atoms with Crippen LogP contribution in [-0.2, 0) is 0 Å². The third kappa shape index (κ3) is 5.21. The fraction of sp³-hybridized carbons (Fsp3) is 0.600. The smallest absolute Gasteiger partial charge is 0.274 e. The van der Waals surface area contributed by atoms with E-state index >= 15 is 0 Å². The van der Waals surface area contributed by atoms with Crippen LogP contribution in [0.25, 0.3) is 0 Å². The van der Waals surface area contributed by atoms with Gasteiger partial charge in [-0.05, 0) is 18.1 Å². The molecular formula is C15H25Cl2N3O3. The van der Waals surface area contributed by atoms with Gasteiger partial charge in [-0.3, -0.25) is 15.0 Å². The number of benzene rings is 1. The molecule has 0 aliphatic carbocycles. The van der Waals surface area contributed by atoms with Crippen molar-refractivity contribution in [2.75, 3.05) is 26.2 Å². The van der Waals surface area contributed by atoms with Crippen molar-refractivity contribution in [2.45, 2.75) is 26.3 Å². The summed E-state index contributed by atoms with van der Waals surface area (Å²) in [4.78, 5) is 13.3. The number of rotatable bonds is 5. The summed E-state index contributed by atoms with van der Waals surface area (Å²) < 4.78 is 0. The van der Waals surface area contributed by atoms with E-state index in [1.165, 1.54) is 12.1 Å². The Morgan fingerprint density at radius 3 is 2.48 bits per heavy atom. The normalized spacial score (nSPS) is 17.5. The second-order valence-corrected chi connectivity index (χ2v) is 5.62. The molecule has 2 rings (SSSR count). The number of nitro benzene ring substituents is 1. The highest BCUT2D eigenvalue weighted by molar-refractivity contribution is 5.85. The quantitative estimate of drug-likeness (QED) is 0.618. The Hall–Kier alpha value is -1.08. The molecule has 6 nitrogen and oxygen atoms in total. The molecule has 1 aliphatic heterocycles. The van der Waals surface area contributed by atoms with Crippen LogP contribution < -0.4 is 5.32 Å². The third-order valence-electron chi connectivity index (χ3n) is 4.25. The molecule has 0 amide bonds. The van der Waals surface area contributed by atoms with Gasteiger partial charge in [0.05, 0.1) is 10.5 Å². The van der Waals surface area contributed by atoms with E-state index in [0.717, 1.165) is 32.6 Å². The Balaban J connectivity index is 0.00000242. The molecular weight excluding hydrogens is 341 g/mol. The summed E-state index contributed by atoms with van der Waals surface area (Å²) in [5, 5.41) is 24.4. The number of nitro groups is 1. The van der Waals surface area contributed by atoms with Crippen molar-refractivity contribution in [3.05, 3.63) is 33.9 Å². The van der Waals surface area contributed by atoms with Crippen LogP contribution in [0.2, 0.25) is 0 Å². The van der Waals surface area contributed by atoms with Crippen LogP contribution in [0, 0.1) is 16.0 Å². The number of phenolic OH excluding ortho intramolecular Hbond substituents is 1. The van der Waals surface area contributed by atoms with Crippen LogP contribution in [0.1, 0.15) is 31.9 Å². The minimum atomic E-state index is -0.355. The first-order chi connectivity index (χ1) is 10.0. The number of nitrogens with one attached hydrogen (secondary N) is 1. The summed E-state index contributed by atoms with van der Waals surface area (Å²) in [7, 11) is 0. The number of halogens is 2. The summed E-state index contributed by atoms with van der Waals surface area (Å²) in [6.07, 6.45) is 0.932. The van der Waals surface area contributed by atoms with Gasteiger partial charge in [0.2, 0.25) is 0 Å². The van der Waals surface area contributed by atoms with Crippen molar-refractivity contribution >= 4 is 30.5 Å². The van der Waals surface area contributed by atoms with Crippen LogP contribution in [0.4, 0.5) is 5.69 Å². The van der Waals surface area contributed by atoms with Crippen LogP contribution in [-0.4, -0.2) is 41.1 Å². The first kappa shape index (κ1) is 21.9. The average molecular weight is 366 g/mol. The Labute approximate surface area is 149 Å². The van der Waals surface area contributed by atoms with E-state index < -0.39 is 0 Å². The number of hydrogen-bond acceptors (Lipinski definition) is 5. The van der Waals surface area contributed by atoms with Gasteiger partial charge in [0, 0.05) is 38.3 Å². The number of phenols is 1. The minimum Gasteiger partial charge on any atom is -0.508 e. The molecule has 23 heavy (non-hydrogen) atoms. The van der Waals surface area contributed by atoms with Crippen LogP contribution in [0.5, 0.6) is 5.75 Å². The maximum absolute atomic E-state index is 11.3. The molecule has 1 heterocycles. The molecule has 0 bridgehead atoms. The number of hydrogen-bond donors (Lipinski definition) is 2. The molecule has 1 aromatic rings. The van der Waals surface area contributed by atoms with Crippen molar-refractivity contribution < 1.29 is 10.0 Å². The van der Waals surface area contributed by atoms with Crippen molar-refractivity contribution in [2.24, 2.45) is 5.92 Å². The van der Waals surface area contributed by atoms with Crippen LogP contribution in [0.15, 0.2) is 18.2 Å². The molecule has 1 fully saturated rings. The topological polar surface area (TPSA) is 78.6 Å². The van der Waals surface area contributed by atoms with Gasteiger partial charge in [-0.2, -0.15) is 0 Å². The van der Waals surface area contributed by atoms with Gasteiger partial charge in [-0.15, -0.1) is 24.8 Å². The number of piperazine rings is 1. The molecule has 1 aliphatic rings. The zero-order chi connectivity index (χ0) is 15.4. The molecule has 0 radical (unpaired) electrons. The van der Waals surface area contributed by atoms with Crippen molar-refractivity contribution in [1.29, 1.82) is 0 Å². The SMILES string of the molecule is CCC(C)[C@@H](c1cc(O)ccc1[N+](=O)[O-])N1CCNCC1.Cl.Cl. The molecule has 1 aromatic carbocycles. The average Bonchev–Trinajstić information content (AvgIpc) is 2.48. The third-order valence-corrected chi connectivity index (χ3v) is 4.25. The predicted octanol–water partition coefficient (Wildman–Crippen LogP) is 3.14. The van der Waals surface area contributed by atoms with Crippen molar-refractivity contribution in [3.63, 3.8) is 0 Å². The van der Waals surface area contributed by atoms with E-state index in [0.29, 0.717) is 5.56 Å². The van der Waals surface area contributed by atoms with Gasteiger partial charge in [-0.25, -0.2) is 0 Å². The largest absolute Gasteiger partial charge is 0.508 e. The lowest BCUT2D eigenvalue weighted by molar-refractivity contribution is -0.386. The molecule has 1 unspecified atom stereocenters. The lowest BCUT2D eigenvalue weighted by Crippen LogP contribution is -2.46. The van der Waals surface area contributed by atoms with Gasteiger partial charge in [0.15, 0.2) is 0 Å². The highest BCUT2D eigenvalue weighted by atomic mass is 35.5. The predicted molar refractivity (Wildman–Crippen MR) is 95.9 cm³/mol. The van der Waals surface area contributed by atoms with E-state index in [9.17, 15) is 15.2 Å². The van der Waals surface area contributed by atoms with Crippen LogP contribution in [0.3, 0.4) is 0 Å². The fourth-order valence-electron chi connectivity index (χ4n) is 2.99. The van der Waals surface area contributed by atoms with E-state index in [1.54, 1.807) is 6.07 Å². The lowest BCUT2D eigenvalue weighted by Gasteiger charge is -2.38. The Morgan fingerprint density at radius 1 is 1.35 bits per heavy atom. The molecule has 1 saturated heterocycles. The summed E-state index contributed by atoms with van der Waals surface area (Å²) in [6.45, 7) is 7.71. The minimum absolute atomic E-state index is 0. The van der Waals surface area contributed by atoms with E-state index in [1.807, 2.05) is 0 Å². The molecule has 0 spiro atoms. The molecule has 132 valence electrons. The Kier molecular flexibility index (Phi) is 9.46. The number of aromatic hydroxyl groups is 1. The molecule has 8 heteroatoms. The highest BCUT2D eigenvalue weighted by Gasteiger charge is 2.31. The van der Waals surface area contributed by atoms with Gasteiger partial charge in [-0.1, -0.05) is 20.3 Å².